The molecule has 1 aliphatic carbocycles. The van der Waals surface area contributed by atoms with Crippen molar-refractivity contribution < 1.29 is 14.3 Å². The number of nitrogens with zero attached hydrogens (tertiary/aromatic N) is 1. The molecule has 1 heterocycles. The zero-order valence-electron chi connectivity index (χ0n) is 16.8. The summed E-state index contributed by atoms with van der Waals surface area (Å²) in [4.78, 5) is 27.5. The molecule has 2 amide bonds. The van der Waals surface area contributed by atoms with Gasteiger partial charge in [-0.1, -0.05) is 49.9 Å². The highest BCUT2D eigenvalue weighted by molar-refractivity contribution is 5.86. The predicted molar refractivity (Wildman–Crippen MR) is 105 cm³/mol. The van der Waals surface area contributed by atoms with Gasteiger partial charge >= 0.3 is 6.09 Å². The Labute approximate surface area is 162 Å². The van der Waals surface area contributed by atoms with E-state index in [1.54, 1.807) is 4.90 Å². The van der Waals surface area contributed by atoms with E-state index in [0.717, 1.165) is 36.8 Å². The van der Waals surface area contributed by atoms with Gasteiger partial charge in [-0.25, -0.2) is 4.79 Å². The first-order chi connectivity index (χ1) is 12.8. The van der Waals surface area contributed by atoms with Crippen molar-refractivity contribution in [1.29, 1.82) is 0 Å². The fourth-order valence-corrected chi connectivity index (χ4v) is 3.99. The second kappa shape index (κ2) is 8.32. The van der Waals surface area contributed by atoms with Gasteiger partial charge in [0.1, 0.15) is 11.6 Å². The zero-order chi connectivity index (χ0) is 19.4. The lowest BCUT2D eigenvalue weighted by molar-refractivity contribution is -0.127. The highest BCUT2D eigenvalue weighted by Crippen LogP contribution is 2.26. The van der Waals surface area contributed by atoms with Crippen LogP contribution in [-0.2, 0) is 22.5 Å². The molecule has 5 heteroatoms. The molecule has 1 fully saturated rings. The van der Waals surface area contributed by atoms with Crippen LogP contribution in [0, 0.1) is 0 Å². The summed E-state index contributed by atoms with van der Waals surface area (Å²) in [5.41, 5.74) is 1.64. The maximum Gasteiger partial charge on any atom is 0.411 e. The number of ether oxygens (including phenoxy) is 1. The standard InChI is InChI=1S/C22H32N2O3/c1-22(2,3)27-21(26)24-15-17-11-9-8-10-16(17)14-19(24)20(25)23-18-12-6-4-5-7-13-18/h8-11,18-19H,4-7,12-15H2,1-3H3,(H,23,25). The molecule has 1 saturated carbocycles. The third-order valence-corrected chi connectivity index (χ3v) is 5.38. The molecule has 1 aliphatic heterocycles. The Kier molecular flexibility index (Phi) is 6.08. The Hall–Kier alpha value is -2.04. The smallest absolute Gasteiger partial charge is 0.411 e. The normalized spacial score (nSPS) is 21.1. The number of rotatable bonds is 2. The Bertz CT molecular complexity index is 672. The van der Waals surface area contributed by atoms with E-state index in [1.807, 2.05) is 45.0 Å². The molecular weight excluding hydrogens is 340 g/mol. The molecule has 0 spiro atoms. The first kappa shape index (κ1) is 19.7. The molecule has 27 heavy (non-hydrogen) atoms. The molecule has 1 N–H and O–H groups in total. The number of hydrogen-bond acceptors (Lipinski definition) is 3. The summed E-state index contributed by atoms with van der Waals surface area (Å²) in [7, 11) is 0. The van der Waals surface area contributed by atoms with Gasteiger partial charge in [0.2, 0.25) is 5.91 Å². The topological polar surface area (TPSA) is 58.6 Å². The van der Waals surface area contributed by atoms with E-state index in [0.29, 0.717) is 13.0 Å². The SMILES string of the molecule is CC(C)(C)OC(=O)N1Cc2ccccc2CC1C(=O)NC1CCCCCC1. The summed E-state index contributed by atoms with van der Waals surface area (Å²) in [5.74, 6) is -0.0535. The van der Waals surface area contributed by atoms with Crippen LogP contribution in [0.15, 0.2) is 24.3 Å². The van der Waals surface area contributed by atoms with Crippen LogP contribution in [0.4, 0.5) is 4.79 Å². The van der Waals surface area contributed by atoms with Crippen LogP contribution in [0.5, 0.6) is 0 Å². The van der Waals surface area contributed by atoms with Crippen molar-refractivity contribution in [2.24, 2.45) is 0 Å². The number of carbonyl (C=O) groups is 2. The molecule has 0 radical (unpaired) electrons. The zero-order valence-corrected chi connectivity index (χ0v) is 16.8. The molecule has 0 bridgehead atoms. The van der Waals surface area contributed by atoms with Crippen molar-refractivity contribution in [2.45, 2.75) is 89.9 Å². The lowest BCUT2D eigenvalue weighted by atomic mass is 9.93. The molecule has 5 nitrogen and oxygen atoms in total. The van der Waals surface area contributed by atoms with Gasteiger partial charge in [-0.05, 0) is 44.7 Å². The summed E-state index contributed by atoms with van der Waals surface area (Å²) in [5, 5.41) is 3.22. The van der Waals surface area contributed by atoms with Crippen LogP contribution in [0.3, 0.4) is 0 Å². The average Bonchev–Trinajstić information content (AvgIpc) is 2.87. The predicted octanol–water partition coefficient (Wildman–Crippen LogP) is 4.19. The van der Waals surface area contributed by atoms with Crippen molar-refractivity contribution in [3.63, 3.8) is 0 Å². The molecule has 1 unspecified atom stereocenters. The summed E-state index contributed by atoms with van der Waals surface area (Å²) >= 11 is 0. The van der Waals surface area contributed by atoms with E-state index in [2.05, 4.69) is 5.32 Å². The molecule has 0 aromatic heterocycles. The molecule has 3 rings (SSSR count). The minimum absolute atomic E-state index is 0.0535. The van der Waals surface area contributed by atoms with Crippen LogP contribution in [0.25, 0.3) is 0 Å². The molecule has 2 aliphatic rings. The van der Waals surface area contributed by atoms with Crippen molar-refractivity contribution >= 4 is 12.0 Å². The Morgan fingerprint density at radius 2 is 1.67 bits per heavy atom. The summed E-state index contributed by atoms with van der Waals surface area (Å²) < 4.78 is 5.59. The molecule has 148 valence electrons. The molecule has 1 aromatic carbocycles. The largest absolute Gasteiger partial charge is 0.444 e. The fourth-order valence-electron chi connectivity index (χ4n) is 3.99. The van der Waals surface area contributed by atoms with E-state index in [-0.39, 0.29) is 11.9 Å². The van der Waals surface area contributed by atoms with Gasteiger partial charge in [0.15, 0.2) is 0 Å². The second-order valence-electron chi connectivity index (χ2n) is 8.79. The first-order valence-corrected chi connectivity index (χ1v) is 10.2. The highest BCUT2D eigenvalue weighted by Gasteiger charge is 2.37. The van der Waals surface area contributed by atoms with E-state index in [1.165, 1.54) is 12.8 Å². The monoisotopic (exact) mass is 372 g/mol. The van der Waals surface area contributed by atoms with E-state index in [9.17, 15) is 9.59 Å². The van der Waals surface area contributed by atoms with Crippen LogP contribution < -0.4 is 5.32 Å². The summed E-state index contributed by atoms with van der Waals surface area (Å²) in [6.07, 6.45) is 6.98. The van der Waals surface area contributed by atoms with Gasteiger partial charge in [0.25, 0.3) is 0 Å². The van der Waals surface area contributed by atoms with Gasteiger partial charge in [0, 0.05) is 12.5 Å². The van der Waals surface area contributed by atoms with Crippen molar-refractivity contribution in [2.75, 3.05) is 0 Å². The van der Waals surface area contributed by atoms with Crippen LogP contribution in [-0.4, -0.2) is 34.6 Å². The lowest BCUT2D eigenvalue weighted by Crippen LogP contribution is -2.55. The number of hydrogen-bond donors (Lipinski definition) is 1. The quantitative estimate of drug-likeness (QED) is 0.792. The highest BCUT2D eigenvalue weighted by atomic mass is 16.6. The first-order valence-electron chi connectivity index (χ1n) is 10.2. The van der Waals surface area contributed by atoms with Gasteiger partial charge in [-0.3, -0.25) is 9.69 Å². The minimum Gasteiger partial charge on any atom is -0.444 e. The van der Waals surface area contributed by atoms with Gasteiger partial charge in [-0.2, -0.15) is 0 Å². The third kappa shape index (κ3) is 5.24. The molecule has 1 atom stereocenters. The fraction of sp³-hybridized carbons (Fsp3) is 0.636. The summed E-state index contributed by atoms with van der Waals surface area (Å²) in [6, 6.07) is 7.73. The van der Waals surface area contributed by atoms with Crippen molar-refractivity contribution in [1.82, 2.24) is 10.2 Å². The van der Waals surface area contributed by atoms with Gasteiger partial charge in [-0.15, -0.1) is 0 Å². The number of amides is 2. The van der Waals surface area contributed by atoms with Crippen LogP contribution >= 0.6 is 0 Å². The third-order valence-electron chi connectivity index (χ3n) is 5.38. The lowest BCUT2D eigenvalue weighted by Gasteiger charge is -2.37. The van der Waals surface area contributed by atoms with Crippen molar-refractivity contribution in [3.05, 3.63) is 35.4 Å². The Morgan fingerprint density at radius 1 is 1.04 bits per heavy atom. The van der Waals surface area contributed by atoms with Crippen molar-refractivity contribution in [3.8, 4) is 0 Å². The molecule has 0 saturated heterocycles. The number of carbonyl (C=O) groups excluding carboxylic acids is 2. The maximum atomic E-state index is 13.1. The van der Waals surface area contributed by atoms with Gasteiger partial charge < -0.3 is 10.1 Å². The van der Waals surface area contributed by atoms with Crippen LogP contribution in [0.2, 0.25) is 0 Å². The Balaban J connectivity index is 1.78. The Morgan fingerprint density at radius 3 is 2.30 bits per heavy atom. The molecular formula is C22H32N2O3. The van der Waals surface area contributed by atoms with E-state index < -0.39 is 17.7 Å². The van der Waals surface area contributed by atoms with Gasteiger partial charge in [0.05, 0.1) is 6.54 Å². The van der Waals surface area contributed by atoms with E-state index in [4.69, 9.17) is 4.74 Å². The van der Waals surface area contributed by atoms with E-state index >= 15 is 0 Å². The number of fused-ring (bicyclic) bond motifs is 1. The summed E-state index contributed by atoms with van der Waals surface area (Å²) in [6.45, 7) is 5.96. The molecule has 1 aromatic rings. The second-order valence-corrected chi connectivity index (χ2v) is 8.79. The minimum atomic E-state index is -0.587. The number of benzene rings is 1. The van der Waals surface area contributed by atoms with Crippen LogP contribution in [0.1, 0.15) is 70.4 Å². The maximum absolute atomic E-state index is 13.1. The average molecular weight is 373 g/mol. The number of nitrogens with one attached hydrogen (secondary N) is 1.